The van der Waals surface area contributed by atoms with E-state index in [1.807, 2.05) is 0 Å². The lowest BCUT2D eigenvalue weighted by Gasteiger charge is -2.12. The first kappa shape index (κ1) is 18.2. The summed E-state index contributed by atoms with van der Waals surface area (Å²) >= 11 is 0. The minimum Gasteiger partial charge on any atom is -0.497 e. The third kappa shape index (κ3) is 4.67. The highest BCUT2D eigenvalue weighted by molar-refractivity contribution is 6.02. The van der Waals surface area contributed by atoms with E-state index in [4.69, 9.17) is 18.9 Å². The molecule has 2 rings (SSSR count). The predicted molar refractivity (Wildman–Crippen MR) is 96.8 cm³/mol. The topological polar surface area (TPSA) is 66.0 Å². The minimum absolute atomic E-state index is 0.262. The van der Waals surface area contributed by atoms with Crippen LogP contribution in [0.1, 0.15) is 5.56 Å². The van der Waals surface area contributed by atoms with Crippen molar-refractivity contribution >= 4 is 17.7 Å². The van der Waals surface area contributed by atoms with Gasteiger partial charge >= 0.3 is 0 Å². The van der Waals surface area contributed by atoms with Crippen LogP contribution < -0.4 is 24.3 Å². The Labute approximate surface area is 147 Å². The maximum Gasteiger partial charge on any atom is 0.248 e. The molecule has 0 heterocycles. The van der Waals surface area contributed by atoms with E-state index in [1.165, 1.54) is 13.2 Å². The number of benzene rings is 2. The van der Waals surface area contributed by atoms with Gasteiger partial charge in [0.05, 0.1) is 28.4 Å². The molecule has 1 N–H and O–H groups in total. The van der Waals surface area contributed by atoms with Gasteiger partial charge in [-0.3, -0.25) is 4.79 Å². The molecule has 6 heteroatoms. The molecule has 0 aliphatic heterocycles. The maximum absolute atomic E-state index is 12.1. The van der Waals surface area contributed by atoms with Crippen LogP contribution >= 0.6 is 0 Å². The summed E-state index contributed by atoms with van der Waals surface area (Å²) in [7, 11) is 6.20. The van der Waals surface area contributed by atoms with Gasteiger partial charge in [-0.1, -0.05) is 6.07 Å². The van der Waals surface area contributed by atoms with Crippen LogP contribution in [0.15, 0.2) is 42.5 Å². The van der Waals surface area contributed by atoms with Crippen molar-refractivity contribution in [3.8, 4) is 23.0 Å². The molecule has 2 aromatic rings. The van der Waals surface area contributed by atoms with Gasteiger partial charge in [-0.25, -0.2) is 0 Å². The van der Waals surface area contributed by atoms with Crippen LogP contribution in [0.4, 0.5) is 5.69 Å². The molecule has 0 fully saturated rings. The number of methoxy groups -OCH3 is 4. The molecule has 132 valence electrons. The molecule has 0 aliphatic rings. The van der Waals surface area contributed by atoms with Crippen molar-refractivity contribution in [2.24, 2.45) is 0 Å². The second-order valence-electron chi connectivity index (χ2n) is 5.01. The molecule has 25 heavy (non-hydrogen) atoms. The van der Waals surface area contributed by atoms with Crippen LogP contribution in [0.2, 0.25) is 0 Å². The summed E-state index contributed by atoms with van der Waals surface area (Å²) in [5.41, 5.74) is 1.40. The average Bonchev–Trinajstić information content (AvgIpc) is 2.65. The second kappa shape index (κ2) is 8.63. The molecule has 0 aromatic heterocycles. The number of carbonyl (C=O) groups excluding carboxylic acids is 1. The number of nitrogens with one attached hydrogen (secondary N) is 1. The number of anilines is 1. The molecule has 0 radical (unpaired) electrons. The summed E-state index contributed by atoms with van der Waals surface area (Å²) in [5, 5.41) is 2.77. The highest BCUT2D eigenvalue weighted by atomic mass is 16.5. The van der Waals surface area contributed by atoms with Crippen molar-refractivity contribution in [1.82, 2.24) is 0 Å². The third-order valence-corrected chi connectivity index (χ3v) is 3.45. The zero-order valence-corrected chi connectivity index (χ0v) is 14.7. The first-order valence-electron chi connectivity index (χ1n) is 7.54. The molecule has 0 atom stereocenters. The summed E-state index contributed by atoms with van der Waals surface area (Å²) in [6.45, 7) is 0. The molecule has 0 spiro atoms. The first-order valence-corrected chi connectivity index (χ1v) is 7.54. The Kier molecular flexibility index (Phi) is 6.28. The lowest BCUT2D eigenvalue weighted by molar-refractivity contribution is -0.111. The number of hydrogen-bond donors (Lipinski definition) is 1. The van der Waals surface area contributed by atoms with Gasteiger partial charge in [0.1, 0.15) is 5.75 Å². The van der Waals surface area contributed by atoms with Gasteiger partial charge in [-0.2, -0.15) is 0 Å². The van der Waals surface area contributed by atoms with Gasteiger partial charge in [0.15, 0.2) is 11.5 Å². The maximum atomic E-state index is 12.1. The van der Waals surface area contributed by atoms with E-state index in [0.717, 1.165) is 5.56 Å². The lowest BCUT2D eigenvalue weighted by atomic mass is 10.1. The number of hydrogen-bond acceptors (Lipinski definition) is 5. The zero-order chi connectivity index (χ0) is 18.2. The lowest BCUT2D eigenvalue weighted by Crippen LogP contribution is -2.07. The van der Waals surface area contributed by atoms with E-state index >= 15 is 0 Å². The van der Waals surface area contributed by atoms with Crippen molar-refractivity contribution in [3.05, 3.63) is 48.0 Å². The summed E-state index contributed by atoms with van der Waals surface area (Å²) in [6.07, 6.45) is 3.10. The van der Waals surface area contributed by atoms with Crippen LogP contribution in [-0.4, -0.2) is 34.3 Å². The third-order valence-electron chi connectivity index (χ3n) is 3.45. The van der Waals surface area contributed by atoms with E-state index in [9.17, 15) is 4.79 Å². The van der Waals surface area contributed by atoms with E-state index in [1.54, 1.807) is 63.8 Å². The SMILES string of the molecule is COc1cccc(NC(=O)C=Cc2cc(OC)c(OC)c(OC)c2)c1. The van der Waals surface area contributed by atoms with Gasteiger partial charge < -0.3 is 24.3 Å². The van der Waals surface area contributed by atoms with Gasteiger partial charge in [-0.05, 0) is 35.9 Å². The van der Waals surface area contributed by atoms with Gasteiger partial charge in [-0.15, -0.1) is 0 Å². The van der Waals surface area contributed by atoms with Crippen molar-refractivity contribution in [2.75, 3.05) is 33.8 Å². The molecular formula is C19H21NO5. The van der Waals surface area contributed by atoms with Crippen molar-refractivity contribution in [1.29, 1.82) is 0 Å². The molecule has 0 saturated heterocycles. The molecule has 0 bridgehead atoms. The van der Waals surface area contributed by atoms with Gasteiger partial charge in [0.25, 0.3) is 0 Å². The monoisotopic (exact) mass is 343 g/mol. The summed E-state index contributed by atoms with van der Waals surface area (Å²) in [6, 6.07) is 10.7. The molecule has 2 aromatic carbocycles. The molecule has 0 aliphatic carbocycles. The Morgan fingerprint density at radius 3 is 2.16 bits per heavy atom. The number of rotatable bonds is 7. The van der Waals surface area contributed by atoms with E-state index < -0.39 is 0 Å². The van der Waals surface area contributed by atoms with Crippen molar-refractivity contribution in [2.45, 2.75) is 0 Å². The zero-order valence-electron chi connectivity index (χ0n) is 14.7. The van der Waals surface area contributed by atoms with E-state index in [0.29, 0.717) is 28.7 Å². The summed E-state index contributed by atoms with van der Waals surface area (Å²) in [4.78, 5) is 12.1. The Morgan fingerprint density at radius 2 is 1.60 bits per heavy atom. The van der Waals surface area contributed by atoms with Gasteiger partial charge in [0, 0.05) is 17.8 Å². The average molecular weight is 343 g/mol. The summed E-state index contributed by atoms with van der Waals surface area (Å²) in [5.74, 6) is 1.96. The van der Waals surface area contributed by atoms with Gasteiger partial charge in [0.2, 0.25) is 11.7 Å². The minimum atomic E-state index is -0.262. The van der Waals surface area contributed by atoms with E-state index in [-0.39, 0.29) is 5.91 Å². The normalized spacial score (nSPS) is 10.4. The Bertz CT molecular complexity index is 745. The van der Waals surface area contributed by atoms with E-state index in [2.05, 4.69) is 5.32 Å². The molecule has 0 unspecified atom stereocenters. The fourth-order valence-corrected chi connectivity index (χ4v) is 2.25. The van der Waals surface area contributed by atoms with Crippen LogP contribution in [0.25, 0.3) is 6.08 Å². The molecule has 6 nitrogen and oxygen atoms in total. The molecule has 1 amide bonds. The number of amides is 1. The Hall–Kier alpha value is -3.15. The van der Waals surface area contributed by atoms with Crippen LogP contribution in [-0.2, 0) is 4.79 Å². The first-order chi connectivity index (χ1) is 12.1. The fraction of sp³-hybridized carbons (Fsp3) is 0.211. The smallest absolute Gasteiger partial charge is 0.248 e. The van der Waals surface area contributed by atoms with Crippen LogP contribution in [0.3, 0.4) is 0 Å². The molecular weight excluding hydrogens is 322 g/mol. The van der Waals surface area contributed by atoms with Crippen molar-refractivity contribution in [3.63, 3.8) is 0 Å². The highest BCUT2D eigenvalue weighted by Crippen LogP contribution is 2.38. The fourth-order valence-electron chi connectivity index (χ4n) is 2.25. The Balaban J connectivity index is 2.16. The van der Waals surface area contributed by atoms with Crippen LogP contribution in [0.5, 0.6) is 23.0 Å². The Morgan fingerprint density at radius 1 is 0.920 bits per heavy atom. The van der Waals surface area contributed by atoms with Crippen LogP contribution in [0, 0.1) is 0 Å². The summed E-state index contributed by atoms with van der Waals surface area (Å²) < 4.78 is 21.0. The predicted octanol–water partition coefficient (Wildman–Crippen LogP) is 3.37. The molecule has 0 saturated carbocycles. The quantitative estimate of drug-likeness (QED) is 0.781. The number of ether oxygens (including phenoxy) is 4. The second-order valence-corrected chi connectivity index (χ2v) is 5.01. The van der Waals surface area contributed by atoms with Crippen molar-refractivity contribution < 1.29 is 23.7 Å². The number of carbonyl (C=O) groups is 1. The largest absolute Gasteiger partial charge is 0.497 e. The highest BCUT2D eigenvalue weighted by Gasteiger charge is 2.12. The standard InChI is InChI=1S/C19H21NO5/c1-22-15-7-5-6-14(12-15)20-18(21)9-8-13-10-16(23-2)19(25-4)17(11-13)24-3/h5-12H,1-4H3,(H,20,21).